The molecule has 0 atom stereocenters. The molecule has 0 aliphatic carbocycles. The Labute approximate surface area is 159 Å². The van der Waals surface area contributed by atoms with E-state index < -0.39 is 5.97 Å². The molecule has 27 heavy (non-hydrogen) atoms. The Hall–Kier alpha value is -2.73. The summed E-state index contributed by atoms with van der Waals surface area (Å²) in [6.07, 6.45) is 2.05. The van der Waals surface area contributed by atoms with Crippen LogP contribution in [-0.4, -0.2) is 49.3 Å². The van der Waals surface area contributed by atoms with Crippen molar-refractivity contribution in [1.29, 1.82) is 0 Å². The van der Waals surface area contributed by atoms with Gasteiger partial charge in [0.2, 0.25) is 0 Å². The van der Waals surface area contributed by atoms with Crippen molar-refractivity contribution in [3.8, 4) is 11.5 Å². The number of ether oxygens (including phenoxy) is 2. The fourth-order valence-electron chi connectivity index (χ4n) is 3.42. The van der Waals surface area contributed by atoms with Crippen LogP contribution in [0.15, 0.2) is 42.5 Å². The first-order chi connectivity index (χ1) is 13.1. The van der Waals surface area contributed by atoms with Gasteiger partial charge in [-0.05, 0) is 30.5 Å². The van der Waals surface area contributed by atoms with E-state index in [-0.39, 0.29) is 0 Å². The highest BCUT2D eigenvalue weighted by Crippen LogP contribution is 2.27. The van der Waals surface area contributed by atoms with E-state index >= 15 is 0 Å². The maximum absolute atomic E-state index is 11.1. The van der Waals surface area contributed by atoms with Crippen LogP contribution in [-0.2, 0) is 6.54 Å². The van der Waals surface area contributed by atoms with E-state index in [2.05, 4.69) is 10.2 Å². The van der Waals surface area contributed by atoms with Gasteiger partial charge in [-0.25, -0.2) is 4.79 Å². The molecule has 3 rings (SSSR count). The molecule has 1 aliphatic heterocycles. The van der Waals surface area contributed by atoms with Crippen LogP contribution in [0.25, 0.3) is 0 Å². The average molecular weight is 370 g/mol. The second-order valence-corrected chi connectivity index (χ2v) is 6.80. The molecule has 6 heteroatoms. The fraction of sp³-hybridized carbons (Fsp3) is 0.381. The molecule has 1 fully saturated rings. The van der Waals surface area contributed by atoms with Gasteiger partial charge in [-0.2, -0.15) is 0 Å². The number of piperidine rings is 1. The topological polar surface area (TPSA) is 71.0 Å². The normalized spacial score (nSPS) is 15.3. The van der Waals surface area contributed by atoms with Gasteiger partial charge >= 0.3 is 5.97 Å². The second-order valence-electron chi connectivity index (χ2n) is 6.80. The van der Waals surface area contributed by atoms with E-state index in [4.69, 9.17) is 14.6 Å². The monoisotopic (exact) mass is 370 g/mol. The maximum atomic E-state index is 11.1. The number of carboxylic acid groups (broad SMARTS) is 1. The number of hydrogen-bond donors (Lipinski definition) is 2. The third-order valence-electron chi connectivity index (χ3n) is 4.89. The first kappa shape index (κ1) is 19.0. The summed E-state index contributed by atoms with van der Waals surface area (Å²) < 4.78 is 10.7. The Balaban J connectivity index is 1.55. The van der Waals surface area contributed by atoms with Crippen molar-refractivity contribution < 1.29 is 19.4 Å². The molecule has 1 heterocycles. The van der Waals surface area contributed by atoms with Crippen LogP contribution in [0, 0.1) is 0 Å². The third kappa shape index (κ3) is 5.14. The van der Waals surface area contributed by atoms with Crippen LogP contribution in [0.5, 0.6) is 11.5 Å². The van der Waals surface area contributed by atoms with Gasteiger partial charge in [0, 0.05) is 49.6 Å². The Bertz CT molecular complexity index is 763. The minimum Gasteiger partial charge on any atom is -0.497 e. The molecule has 2 aromatic rings. The summed E-state index contributed by atoms with van der Waals surface area (Å²) >= 11 is 0. The predicted octanol–water partition coefficient (Wildman–Crippen LogP) is 3.48. The molecule has 0 bridgehead atoms. The van der Waals surface area contributed by atoms with Crippen LogP contribution in [0.3, 0.4) is 0 Å². The first-order valence-electron chi connectivity index (χ1n) is 9.11. The minimum absolute atomic E-state index is 0.344. The van der Waals surface area contributed by atoms with Crippen molar-refractivity contribution in [3.05, 3.63) is 53.6 Å². The molecule has 0 amide bonds. The number of carbonyl (C=O) groups is 1. The largest absolute Gasteiger partial charge is 0.497 e. The van der Waals surface area contributed by atoms with Gasteiger partial charge in [0.05, 0.1) is 19.8 Å². The molecule has 0 saturated carbocycles. The molecule has 1 aliphatic rings. The lowest BCUT2D eigenvalue weighted by molar-refractivity contribution is 0.0696. The number of methoxy groups -OCH3 is 2. The van der Waals surface area contributed by atoms with Gasteiger partial charge < -0.3 is 19.9 Å². The quantitative estimate of drug-likeness (QED) is 0.778. The van der Waals surface area contributed by atoms with Gasteiger partial charge in [0.15, 0.2) is 0 Å². The second kappa shape index (κ2) is 8.77. The van der Waals surface area contributed by atoms with E-state index in [0.29, 0.717) is 11.6 Å². The number of nitrogens with one attached hydrogen (secondary N) is 1. The summed E-state index contributed by atoms with van der Waals surface area (Å²) in [6.45, 7) is 2.72. The summed E-state index contributed by atoms with van der Waals surface area (Å²) in [6, 6.07) is 13.4. The van der Waals surface area contributed by atoms with Gasteiger partial charge in [-0.3, -0.25) is 4.90 Å². The fourth-order valence-corrected chi connectivity index (χ4v) is 3.42. The predicted molar refractivity (Wildman–Crippen MR) is 105 cm³/mol. The number of nitrogens with zero attached hydrogens (tertiary/aromatic N) is 1. The van der Waals surface area contributed by atoms with E-state index in [1.54, 1.807) is 26.4 Å². The first-order valence-corrected chi connectivity index (χ1v) is 9.11. The number of anilines is 1. The molecular formula is C21H26N2O4. The highest BCUT2D eigenvalue weighted by atomic mass is 16.5. The zero-order chi connectivity index (χ0) is 19.2. The highest BCUT2D eigenvalue weighted by molar-refractivity contribution is 5.87. The Kier molecular flexibility index (Phi) is 6.19. The zero-order valence-corrected chi connectivity index (χ0v) is 15.8. The lowest BCUT2D eigenvalue weighted by atomic mass is 10.0. The van der Waals surface area contributed by atoms with Gasteiger partial charge in [0.25, 0.3) is 0 Å². The number of hydrogen-bond acceptors (Lipinski definition) is 5. The van der Waals surface area contributed by atoms with Crippen molar-refractivity contribution in [1.82, 2.24) is 4.90 Å². The standard InChI is InChI=1S/C21H26N2O4/c1-26-19-11-18(12-20(13-19)27-2)22-17-6-8-23(9-7-17)14-15-4-3-5-16(10-15)21(24)25/h3-5,10-13,17,22H,6-9,14H2,1-2H3,(H,24,25). The van der Waals surface area contributed by atoms with Crippen molar-refractivity contribution in [3.63, 3.8) is 0 Å². The van der Waals surface area contributed by atoms with Crippen LogP contribution in [0.1, 0.15) is 28.8 Å². The van der Waals surface area contributed by atoms with E-state index in [9.17, 15) is 4.79 Å². The molecule has 0 spiro atoms. The molecular weight excluding hydrogens is 344 g/mol. The molecule has 144 valence electrons. The average Bonchev–Trinajstić information content (AvgIpc) is 2.69. The van der Waals surface area contributed by atoms with Gasteiger partial charge in [-0.15, -0.1) is 0 Å². The lowest BCUT2D eigenvalue weighted by Crippen LogP contribution is -2.38. The molecule has 0 aromatic heterocycles. The van der Waals surface area contributed by atoms with E-state index in [0.717, 1.165) is 55.2 Å². The van der Waals surface area contributed by atoms with Crippen LogP contribution < -0.4 is 14.8 Å². The SMILES string of the molecule is COc1cc(NC2CCN(Cc3cccc(C(=O)O)c3)CC2)cc(OC)c1. The van der Waals surface area contributed by atoms with Gasteiger partial charge in [-0.1, -0.05) is 12.1 Å². The van der Waals surface area contributed by atoms with Crippen molar-refractivity contribution in [2.24, 2.45) is 0 Å². The molecule has 2 aromatic carbocycles. The molecule has 6 nitrogen and oxygen atoms in total. The molecule has 0 radical (unpaired) electrons. The summed E-state index contributed by atoms with van der Waals surface area (Å²) in [5.41, 5.74) is 2.38. The molecule has 0 unspecified atom stereocenters. The highest BCUT2D eigenvalue weighted by Gasteiger charge is 2.20. The smallest absolute Gasteiger partial charge is 0.335 e. The van der Waals surface area contributed by atoms with Crippen LogP contribution >= 0.6 is 0 Å². The lowest BCUT2D eigenvalue weighted by Gasteiger charge is -2.33. The molecule has 1 saturated heterocycles. The number of rotatable bonds is 7. The van der Waals surface area contributed by atoms with Gasteiger partial charge in [0.1, 0.15) is 11.5 Å². The number of benzene rings is 2. The van der Waals surface area contributed by atoms with Crippen molar-refractivity contribution in [2.45, 2.75) is 25.4 Å². The van der Waals surface area contributed by atoms with Crippen LogP contribution in [0.2, 0.25) is 0 Å². The Morgan fingerprint density at radius 3 is 2.37 bits per heavy atom. The Morgan fingerprint density at radius 1 is 1.11 bits per heavy atom. The third-order valence-corrected chi connectivity index (χ3v) is 4.89. The van der Waals surface area contributed by atoms with Crippen molar-refractivity contribution >= 4 is 11.7 Å². The van der Waals surface area contributed by atoms with E-state index in [1.165, 1.54) is 0 Å². The Morgan fingerprint density at radius 2 is 1.78 bits per heavy atom. The summed E-state index contributed by atoms with van der Waals surface area (Å²) in [4.78, 5) is 13.5. The minimum atomic E-state index is -0.881. The summed E-state index contributed by atoms with van der Waals surface area (Å²) in [5.74, 6) is 0.661. The number of likely N-dealkylation sites (tertiary alicyclic amines) is 1. The summed E-state index contributed by atoms with van der Waals surface area (Å²) in [7, 11) is 3.30. The summed E-state index contributed by atoms with van der Waals surface area (Å²) in [5, 5.41) is 12.7. The van der Waals surface area contributed by atoms with E-state index in [1.807, 2.05) is 30.3 Å². The molecule has 2 N–H and O–H groups in total. The number of aromatic carboxylic acids is 1. The van der Waals surface area contributed by atoms with Crippen molar-refractivity contribution in [2.75, 3.05) is 32.6 Å². The number of carboxylic acids is 1. The maximum Gasteiger partial charge on any atom is 0.335 e. The zero-order valence-electron chi connectivity index (χ0n) is 15.8. The van der Waals surface area contributed by atoms with Crippen LogP contribution in [0.4, 0.5) is 5.69 Å².